The summed E-state index contributed by atoms with van der Waals surface area (Å²) in [6.45, 7) is 5.74. The Morgan fingerprint density at radius 2 is 1.88 bits per heavy atom. The number of rotatable bonds is 1. The molecule has 0 bridgehead atoms. The van der Waals surface area contributed by atoms with Gasteiger partial charge in [-0.2, -0.15) is 0 Å². The highest BCUT2D eigenvalue weighted by atomic mass is 35.5. The van der Waals surface area contributed by atoms with Crippen molar-refractivity contribution in [1.82, 2.24) is 0 Å². The van der Waals surface area contributed by atoms with E-state index in [1.807, 2.05) is 13.8 Å². The first-order valence-corrected chi connectivity index (χ1v) is 2.97. The van der Waals surface area contributed by atoms with E-state index in [-0.39, 0.29) is 0 Å². The van der Waals surface area contributed by atoms with Crippen molar-refractivity contribution < 1.29 is 4.79 Å². The summed E-state index contributed by atoms with van der Waals surface area (Å²) in [4.78, 5) is 9.72. The monoisotopic (exact) mass is 134 g/mol. The van der Waals surface area contributed by atoms with E-state index in [4.69, 9.17) is 11.6 Å². The van der Waals surface area contributed by atoms with Crippen LogP contribution in [0.2, 0.25) is 0 Å². The number of halogens is 1. The largest absolute Gasteiger partial charge is 0.276 e. The minimum atomic E-state index is -0.419. The van der Waals surface area contributed by atoms with Gasteiger partial charge in [0.15, 0.2) is 0 Å². The predicted octanol–water partition coefficient (Wildman–Crippen LogP) is 2.35. The molecule has 0 saturated carbocycles. The van der Waals surface area contributed by atoms with E-state index in [1.54, 1.807) is 13.0 Å². The third-order valence-electron chi connectivity index (χ3n) is 0.298. The van der Waals surface area contributed by atoms with Gasteiger partial charge in [0.05, 0.1) is 0 Å². The maximum atomic E-state index is 9.72. The zero-order valence-corrected chi connectivity index (χ0v) is 6.20. The molecule has 0 fully saturated rings. The lowest BCUT2D eigenvalue weighted by atomic mass is 10.6. The second-order valence-corrected chi connectivity index (χ2v) is 1.18. The summed E-state index contributed by atoms with van der Waals surface area (Å²) in [5, 5.41) is -0.419. The number of hydrogen-bond acceptors (Lipinski definition) is 1. The maximum absolute atomic E-state index is 9.72. The minimum absolute atomic E-state index is 0.419. The Morgan fingerprint density at radius 3 is 1.88 bits per heavy atom. The summed E-state index contributed by atoms with van der Waals surface area (Å²) in [6, 6.07) is 0. The molecule has 0 aliphatic heterocycles. The van der Waals surface area contributed by atoms with Crippen LogP contribution in [0, 0.1) is 0 Å². The quantitative estimate of drug-likeness (QED) is 0.398. The molecule has 0 rings (SSSR count). The van der Waals surface area contributed by atoms with Crippen LogP contribution in [0.3, 0.4) is 0 Å². The van der Waals surface area contributed by atoms with Gasteiger partial charge in [-0.15, -0.1) is 0 Å². The normalized spacial score (nSPS) is 8.00. The molecule has 0 aromatic rings. The molecule has 0 aromatic heterocycles. The standard InChI is InChI=1S/C4H5ClO.C2H6/c1-2-3-4(5)6;1-2/h2-3H,1H3;1-2H3/b3-2+;. The van der Waals surface area contributed by atoms with E-state index in [0.29, 0.717) is 0 Å². The van der Waals surface area contributed by atoms with Crippen LogP contribution in [-0.4, -0.2) is 5.24 Å². The van der Waals surface area contributed by atoms with Crippen molar-refractivity contribution in [3.63, 3.8) is 0 Å². The second kappa shape index (κ2) is 9.85. The fourth-order valence-corrected chi connectivity index (χ4v) is 0.257. The summed E-state index contributed by atoms with van der Waals surface area (Å²) >= 11 is 4.85. The van der Waals surface area contributed by atoms with E-state index in [0.717, 1.165) is 0 Å². The molecule has 0 aliphatic carbocycles. The predicted molar refractivity (Wildman–Crippen MR) is 37.0 cm³/mol. The molecule has 0 N–H and O–H groups in total. The molecule has 0 heterocycles. The molecule has 0 saturated heterocycles. The Morgan fingerprint density at radius 1 is 1.50 bits per heavy atom. The lowest BCUT2D eigenvalue weighted by Gasteiger charge is -1.65. The summed E-state index contributed by atoms with van der Waals surface area (Å²) in [6.07, 6.45) is 2.89. The van der Waals surface area contributed by atoms with E-state index in [9.17, 15) is 4.79 Å². The minimum Gasteiger partial charge on any atom is -0.276 e. The van der Waals surface area contributed by atoms with Crippen LogP contribution in [0.25, 0.3) is 0 Å². The van der Waals surface area contributed by atoms with Gasteiger partial charge in [0.25, 0.3) is 0 Å². The molecule has 8 heavy (non-hydrogen) atoms. The van der Waals surface area contributed by atoms with Crippen molar-refractivity contribution in [1.29, 1.82) is 0 Å². The van der Waals surface area contributed by atoms with Gasteiger partial charge in [-0.25, -0.2) is 0 Å². The highest BCUT2D eigenvalue weighted by Crippen LogP contribution is 1.78. The molecular weight excluding hydrogens is 124 g/mol. The molecule has 0 aromatic carbocycles. The van der Waals surface area contributed by atoms with Crippen LogP contribution in [-0.2, 0) is 4.79 Å². The zero-order valence-electron chi connectivity index (χ0n) is 5.44. The van der Waals surface area contributed by atoms with Gasteiger partial charge in [0.2, 0.25) is 5.24 Å². The molecule has 0 radical (unpaired) electrons. The first-order valence-electron chi connectivity index (χ1n) is 2.59. The number of carbonyl (C=O) groups excluding carboxylic acids is 1. The van der Waals surface area contributed by atoms with Gasteiger partial charge in [-0.3, -0.25) is 4.79 Å². The van der Waals surface area contributed by atoms with Gasteiger partial charge in [-0.1, -0.05) is 19.9 Å². The Bertz CT molecular complexity index is 76.6. The van der Waals surface area contributed by atoms with E-state index in [1.165, 1.54) is 6.08 Å². The highest BCUT2D eigenvalue weighted by molar-refractivity contribution is 6.66. The molecule has 48 valence electrons. The molecular formula is C6H11ClO. The molecule has 0 spiro atoms. The first-order chi connectivity index (χ1) is 3.77. The Hall–Kier alpha value is -0.300. The fraction of sp³-hybridized carbons (Fsp3) is 0.500. The lowest BCUT2D eigenvalue weighted by Crippen LogP contribution is -1.70. The molecule has 1 nitrogen and oxygen atoms in total. The van der Waals surface area contributed by atoms with Gasteiger partial charge >= 0.3 is 0 Å². The van der Waals surface area contributed by atoms with Crippen LogP contribution in [0.1, 0.15) is 20.8 Å². The molecule has 0 unspecified atom stereocenters. The maximum Gasteiger partial charge on any atom is 0.244 e. The van der Waals surface area contributed by atoms with Crippen LogP contribution in [0.5, 0.6) is 0 Å². The highest BCUT2D eigenvalue weighted by Gasteiger charge is 1.77. The summed E-state index contributed by atoms with van der Waals surface area (Å²) in [5.41, 5.74) is 0. The summed E-state index contributed by atoms with van der Waals surface area (Å²) in [5.74, 6) is 0. The van der Waals surface area contributed by atoms with E-state index in [2.05, 4.69) is 0 Å². The third kappa shape index (κ3) is 17.3. The molecule has 2 heteroatoms. The molecule has 0 atom stereocenters. The summed E-state index contributed by atoms with van der Waals surface area (Å²) in [7, 11) is 0. The van der Waals surface area contributed by atoms with Gasteiger partial charge in [0, 0.05) is 0 Å². The third-order valence-corrected chi connectivity index (χ3v) is 0.424. The van der Waals surface area contributed by atoms with Gasteiger partial charge in [-0.05, 0) is 24.6 Å². The average Bonchev–Trinajstić information content (AvgIpc) is 1.72. The Balaban J connectivity index is 0. The summed E-state index contributed by atoms with van der Waals surface area (Å²) < 4.78 is 0. The molecule has 0 amide bonds. The smallest absolute Gasteiger partial charge is 0.244 e. The van der Waals surface area contributed by atoms with E-state index < -0.39 is 5.24 Å². The van der Waals surface area contributed by atoms with Crippen molar-refractivity contribution >= 4 is 16.8 Å². The zero-order chi connectivity index (χ0) is 6.99. The van der Waals surface area contributed by atoms with E-state index >= 15 is 0 Å². The Kier molecular flexibility index (Phi) is 13.1. The van der Waals surface area contributed by atoms with Crippen LogP contribution in [0.4, 0.5) is 0 Å². The molecule has 0 aliphatic rings. The van der Waals surface area contributed by atoms with Crippen molar-refractivity contribution in [2.75, 3.05) is 0 Å². The average molecular weight is 135 g/mol. The number of carbonyl (C=O) groups is 1. The van der Waals surface area contributed by atoms with Crippen molar-refractivity contribution in [2.45, 2.75) is 20.8 Å². The van der Waals surface area contributed by atoms with Crippen molar-refractivity contribution in [3.8, 4) is 0 Å². The topological polar surface area (TPSA) is 17.1 Å². The second-order valence-electron chi connectivity index (χ2n) is 0.804. The van der Waals surface area contributed by atoms with Gasteiger partial charge in [0.1, 0.15) is 0 Å². The number of hydrogen-bond donors (Lipinski definition) is 0. The lowest BCUT2D eigenvalue weighted by molar-refractivity contribution is -0.107. The number of allylic oxidation sites excluding steroid dienone is 2. The fourth-order valence-electron chi connectivity index (χ4n) is 0.131. The SMILES string of the molecule is C/C=C/C(=O)Cl.CC. The van der Waals surface area contributed by atoms with Crippen molar-refractivity contribution in [2.24, 2.45) is 0 Å². The van der Waals surface area contributed by atoms with Crippen LogP contribution >= 0.6 is 11.6 Å². The van der Waals surface area contributed by atoms with Crippen LogP contribution in [0.15, 0.2) is 12.2 Å². The Labute approximate surface area is 55.3 Å². The first kappa shape index (κ1) is 10.6. The van der Waals surface area contributed by atoms with Gasteiger partial charge < -0.3 is 0 Å². The van der Waals surface area contributed by atoms with Crippen LogP contribution < -0.4 is 0 Å². The van der Waals surface area contributed by atoms with Crippen molar-refractivity contribution in [3.05, 3.63) is 12.2 Å².